The van der Waals surface area contributed by atoms with Gasteiger partial charge in [0.15, 0.2) is 5.97 Å². The number of aliphatic imine (C=N–C) groups is 1. The predicted octanol–water partition coefficient (Wildman–Crippen LogP) is 5.90. The van der Waals surface area contributed by atoms with Crippen LogP contribution in [0.5, 0.6) is 0 Å². The van der Waals surface area contributed by atoms with Gasteiger partial charge in [-0.1, -0.05) is 32.6 Å². The third-order valence-electron chi connectivity index (χ3n) is 4.52. The first kappa shape index (κ1) is 23.8. The van der Waals surface area contributed by atoms with Gasteiger partial charge in [-0.05, 0) is 51.0 Å². The van der Waals surface area contributed by atoms with E-state index in [9.17, 15) is 4.39 Å². The molecule has 1 aliphatic rings. The summed E-state index contributed by atoms with van der Waals surface area (Å²) in [6, 6.07) is 0.673. The monoisotopic (exact) mass is 386 g/mol. The molecule has 4 nitrogen and oxygen atoms in total. The molecule has 2 heterocycles. The van der Waals surface area contributed by atoms with Crippen molar-refractivity contribution in [3.8, 4) is 0 Å². The second-order valence-electron chi connectivity index (χ2n) is 6.55. The Labute approximate surface area is 169 Å². The van der Waals surface area contributed by atoms with Crippen molar-refractivity contribution in [2.24, 2.45) is 4.99 Å². The van der Waals surface area contributed by atoms with Crippen molar-refractivity contribution in [1.82, 2.24) is 14.5 Å². The average molecular weight is 387 g/mol. The largest absolute Gasteiger partial charge is 0.307 e. The summed E-state index contributed by atoms with van der Waals surface area (Å²) in [5, 5.41) is 0. The van der Waals surface area contributed by atoms with Crippen molar-refractivity contribution >= 4 is 18.2 Å². The van der Waals surface area contributed by atoms with Crippen LogP contribution in [0.3, 0.4) is 0 Å². The lowest BCUT2D eigenvalue weighted by atomic mass is 10.2. The van der Waals surface area contributed by atoms with Gasteiger partial charge in [0.1, 0.15) is 5.82 Å². The Hall–Kier alpha value is -2.27. The Balaban J connectivity index is 0.00000190. The molecule has 1 saturated heterocycles. The number of allylic oxidation sites excluding steroid dienone is 4. The van der Waals surface area contributed by atoms with Crippen LogP contribution in [0.1, 0.15) is 59.0 Å². The van der Waals surface area contributed by atoms with Gasteiger partial charge in [0.25, 0.3) is 0 Å². The van der Waals surface area contributed by atoms with Gasteiger partial charge in [-0.2, -0.15) is 4.39 Å². The van der Waals surface area contributed by atoms with Gasteiger partial charge < -0.3 is 9.47 Å². The molecule has 0 saturated carbocycles. The first-order valence-electron chi connectivity index (χ1n) is 10.2. The van der Waals surface area contributed by atoms with E-state index in [0.717, 1.165) is 30.1 Å². The Bertz CT molecular complexity index is 721. The maximum absolute atomic E-state index is 12.8. The normalized spacial score (nSPS) is 18.7. The maximum atomic E-state index is 12.8. The first-order valence-corrected chi connectivity index (χ1v) is 10.2. The molecule has 1 aliphatic heterocycles. The fraction of sp³-hybridized carbons (Fsp3) is 0.478. The van der Waals surface area contributed by atoms with E-state index in [1.165, 1.54) is 32.5 Å². The van der Waals surface area contributed by atoms with E-state index in [2.05, 4.69) is 29.6 Å². The molecule has 28 heavy (non-hydrogen) atoms. The van der Waals surface area contributed by atoms with Crippen LogP contribution in [0, 0.1) is 0 Å². The Kier molecular flexibility index (Phi) is 11.0. The predicted molar refractivity (Wildman–Crippen MR) is 120 cm³/mol. The second-order valence-corrected chi connectivity index (χ2v) is 6.55. The highest BCUT2D eigenvalue weighted by molar-refractivity contribution is 5.72. The number of aromatic nitrogens is 2. The molecule has 0 amide bonds. The SMILES string of the molecule is C=CC(/C=C/c1nc(CCN2CCC[C@H]2C)cn1/C=C\C)=C\N=C(C)F.CC. The van der Waals surface area contributed by atoms with Crippen LogP contribution >= 0.6 is 0 Å². The first-order chi connectivity index (χ1) is 13.5. The van der Waals surface area contributed by atoms with Crippen LogP contribution in [0.4, 0.5) is 4.39 Å². The Morgan fingerprint density at radius 2 is 2.18 bits per heavy atom. The molecule has 0 radical (unpaired) electrons. The quantitative estimate of drug-likeness (QED) is 0.412. The van der Waals surface area contributed by atoms with Gasteiger partial charge in [0, 0.05) is 44.5 Å². The molecule has 0 bridgehead atoms. The molecule has 1 aromatic heterocycles. The molecule has 1 fully saturated rings. The van der Waals surface area contributed by atoms with E-state index in [1.54, 1.807) is 6.08 Å². The van der Waals surface area contributed by atoms with E-state index in [1.807, 2.05) is 49.8 Å². The second kappa shape index (κ2) is 13.0. The molecular formula is C23H35FN4. The molecule has 0 unspecified atom stereocenters. The summed E-state index contributed by atoms with van der Waals surface area (Å²) in [6.45, 7) is 15.6. The van der Waals surface area contributed by atoms with Crippen LogP contribution in [0.25, 0.3) is 12.3 Å². The summed E-state index contributed by atoms with van der Waals surface area (Å²) >= 11 is 0. The summed E-state index contributed by atoms with van der Waals surface area (Å²) in [5.41, 5.74) is 1.80. The molecule has 0 N–H and O–H groups in total. The minimum Gasteiger partial charge on any atom is -0.307 e. The zero-order valence-electron chi connectivity index (χ0n) is 18.0. The summed E-state index contributed by atoms with van der Waals surface area (Å²) in [7, 11) is 0. The Morgan fingerprint density at radius 1 is 1.43 bits per heavy atom. The van der Waals surface area contributed by atoms with Gasteiger partial charge in [-0.25, -0.2) is 9.98 Å². The van der Waals surface area contributed by atoms with Gasteiger partial charge >= 0.3 is 0 Å². The van der Waals surface area contributed by atoms with E-state index in [0.29, 0.717) is 6.04 Å². The maximum Gasteiger partial charge on any atom is 0.185 e. The third-order valence-corrected chi connectivity index (χ3v) is 4.52. The fourth-order valence-electron chi connectivity index (χ4n) is 3.07. The van der Waals surface area contributed by atoms with E-state index in [-0.39, 0.29) is 0 Å². The zero-order chi connectivity index (χ0) is 20.9. The highest BCUT2D eigenvalue weighted by Gasteiger charge is 2.19. The molecule has 1 atom stereocenters. The van der Waals surface area contributed by atoms with Gasteiger partial charge in [-0.15, -0.1) is 0 Å². The van der Waals surface area contributed by atoms with Crippen molar-refractivity contribution < 1.29 is 4.39 Å². The lowest BCUT2D eigenvalue weighted by molar-refractivity contribution is 0.271. The lowest BCUT2D eigenvalue weighted by Gasteiger charge is -2.19. The van der Waals surface area contributed by atoms with Crippen LogP contribution < -0.4 is 0 Å². The standard InChI is InChI=1S/C21H29FN4.C2H6/c1-5-12-26-16-20(11-14-25-13-7-8-17(25)3)24-21(26)10-9-19(6-2)15-23-18(4)22;1-2/h5-6,9-10,12,15-17H,2,7-8,11,13-14H2,1,3-4H3;1-2H3/b10-9+,12-5-,19-15+,23-18?;/t17-;/m1./s1. The van der Waals surface area contributed by atoms with Crippen molar-refractivity contribution in [3.05, 3.63) is 54.3 Å². The minimum atomic E-state index is -0.480. The van der Waals surface area contributed by atoms with Gasteiger partial charge in [0.2, 0.25) is 0 Å². The lowest BCUT2D eigenvalue weighted by Crippen LogP contribution is -2.29. The molecule has 0 aliphatic carbocycles. The molecule has 0 spiro atoms. The summed E-state index contributed by atoms with van der Waals surface area (Å²) in [6.07, 6.45) is 16.4. The van der Waals surface area contributed by atoms with E-state index in [4.69, 9.17) is 4.98 Å². The van der Waals surface area contributed by atoms with E-state index >= 15 is 0 Å². The van der Waals surface area contributed by atoms with Gasteiger partial charge in [-0.3, -0.25) is 0 Å². The number of imidazole rings is 1. The highest BCUT2D eigenvalue weighted by Crippen LogP contribution is 2.17. The van der Waals surface area contributed by atoms with Crippen LogP contribution in [-0.2, 0) is 6.42 Å². The number of hydrogen-bond acceptors (Lipinski definition) is 3. The number of nitrogens with zero attached hydrogens (tertiary/aromatic N) is 4. The minimum absolute atomic E-state index is 0.480. The highest BCUT2D eigenvalue weighted by atomic mass is 19.1. The van der Waals surface area contributed by atoms with Crippen molar-refractivity contribution in [1.29, 1.82) is 0 Å². The number of halogens is 1. The summed E-state index contributed by atoms with van der Waals surface area (Å²) in [4.78, 5) is 10.9. The van der Waals surface area contributed by atoms with Crippen molar-refractivity contribution in [2.75, 3.05) is 13.1 Å². The summed E-state index contributed by atoms with van der Waals surface area (Å²) in [5.74, 6) is 0.355. The van der Waals surface area contributed by atoms with E-state index < -0.39 is 5.97 Å². The smallest absolute Gasteiger partial charge is 0.185 e. The topological polar surface area (TPSA) is 33.4 Å². The molecule has 0 aromatic carbocycles. The zero-order valence-corrected chi connectivity index (χ0v) is 18.0. The average Bonchev–Trinajstić information content (AvgIpc) is 3.27. The third kappa shape index (κ3) is 7.77. The van der Waals surface area contributed by atoms with Gasteiger partial charge in [0.05, 0.1) is 5.69 Å². The molecule has 1 aromatic rings. The fourth-order valence-corrected chi connectivity index (χ4v) is 3.07. The number of likely N-dealkylation sites (tertiary alicyclic amines) is 1. The Morgan fingerprint density at radius 3 is 2.75 bits per heavy atom. The number of rotatable bonds is 8. The molecule has 5 heteroatoms. The van der Waals surface area contributed by atoms with Crippen LogP contribution in [0.2, 0.25) is 0 Å². The van der Waals surface area contributed by atoms with Crippen molar-refractivity contribution in [2.45, 2.75) is 59.9 Å². The molecule has 2 rings (SSSR count). The molecular weight excluding hydrogens is 351 g/mol. The summed E-state index contributed by atoms with van der Waals surface area (Å²) < 4.78 is 14.8. The van der Waals surface area contributed by atoms with Crippen LogP contribution in [-0.4, -0.2) is 39.5 Å². The van der Waals surface area contributed by atoms with Crippen molar-refractivity contribution in [3.63, 3.8) is 0 Å². The number of hydrogen-bond donors (Lipinski definition) is 0. The molecule has 154 valence electrons. The van der Waals surface area contributed by atoms with Crippen LogP contribution in [0.15, 0.2) is 47.8 Å².